The van der Waals surface area contributed by atoms with Crippen LogP contribution in [0, 0.1) is 12.3 Å². The van der Waals surface area contributed by atoms with Gasteiger partial charge in [0.15, 0.2) is 6.04 Å². The second kappa shape index (κ2) is 10.2. The Morgan fingerprint density at radius 3 is 2.64 bits per heavy atom. The van der Waals surface area contributed by atoms with Gasteiger partial charge in [0.25, 0.3) is 5.91 Å². The molecule has 1 aromatic carbocycles. The van der Waals surface area contributed by atoms with E-state index in [0.29, 0.717) is 17.1 Å². The average molecular weight is 445 g/mol. The molecule has 2 aromatic heterocycles. The molecule has 0 radical (unpaired) electrons. The van der Waals surface area contributed by atoms with Gasteiger partial charge in [-0.3, -0.25) is 9.59 Å². The highest BCUT2D eigenvalue weighted by atomic mass is 16.5. The van der Waals surface area contributed by atoms with Crippen molar-refractivity contribution in [2.75, 3.05) is 7.11 Å². The van der Waals surface area contributed by atoms with Crippen LogP contribution in [0.2, 0.25) is 0 Å². The van der Waals surface area contributed by atoms with E-state index in [0.717, 1.165) is 31.2 Å². The fourth-order valence-electron chi connectivity index (χ4n) is 4.34. The van der Waals surface area contributed by atoms with Crippen molar-refractivity contribution in [1.29, 1.82) is 0 Å². The normalized spacial score (nSPS) is 14.9. The molecule has 1 aliphatic rings. The van der Waals surface area contributed by atoms with Gasteiger partial charge in [0.05, 0.1) is 12.8 Å². The van der Waals surface area contributed by atoms with Crippen LogP contribution < -0.4 is 10.1 Å². The van der Waals surface area contributed by atoms with Gasteiger partial charge < -0.3 is 19.4 Å². The number of terminal acetylenes is 1. The van der Waals surface area contributed by atoms with Crippen molar-refractivity contribution in [1.82, 2.24) is 19.6 Å². The number of nitrogens with zero attached hydrogens (tertiary/aromatic N) is 3. The van der Waals surface area contributed by atoms with E-state index in [-0.39, 0.29) is 18.5 Å². The SMILES string of the molecule is C#CC(=O)N(Cc1ccc(OC)cc1)C(C(=O)NC1CCCCC1)c1cn2ccccc2n1. The average Bonchev–Trinajstić information content (AvgIpc) is 3.27. The van der Waals surface area contributed by atoms with Crippen LogP contribution in [0.4, 0.5) is 0 Å². The maximum Gasteiger partial charge on any atom is 0.299 e. The first kappa shape index (κ1) is 22.4. The van der Waals surface area contributed by atoms with Crippen molar-refractivity contribution < 1.29 is 14.3 Å². The lowest BCUT2D eigenvalue weighted by Gasteiger charge is -2.31. The summed E-state index contributed by atoms with van der Waals surface area (Å²) < 4.78 is 7.06. The van der Waals surface area contributed by atoms with E-state index < -0.39 is 11.9 Å². The smallest absolute Gasteiger partial charge is 0.299 e. The Bertz CT molecular complexity index is 1120. The molecule has 4 rings (SSSR count). The Morgan fingerprint density at radius 2 is 1.97 bits per heavy atom. The molecule has 1 fully saturated rings. The van der Waals surface area contributed by atoms with Crippen molar-refractivity contribution in [3.8, 4) is 18.1 Å². The van der Waals surface area contributed by atoms with E-state index in [9.17, 15) is 9.59 Å². The van der Waals surface area contributed by atoms with E-state index in [1.807, 2.05) is 53.1 Å². The predicted molar refractivity (Wildman–Crippen MR) is 125 cm³/mol. The summed E-state index contributed by atoms with van der Waals surface area (Å²) in [5, 5.41) is 3.15. The van der Waals surface area contributed by atoms with Gasteiger partial charge >= 0.3 is 0 Å². The number of hydrogen-bond acceptors (Lipinski definition) is 4. The topological polar surface area (TPSA) is 75.9 Å². The molecule has 1 unspecified atom stereocenters. The molecular weight excluding hydrogens is 416 g/mol. The minimum absolute atomic E-state index is 0.0922. The van der Waals surface area contributed by atoms with Gasteiger partial charge in [0.1, 0.15) is 11.4 Å². The molecule has 1 atom stereocenters. The van der Waals surface area contributed by atoms with Gasteiger partial charge in [-0.1, -0.05) is 37.5 Å². The molecule has 7 nitrogen and oxygen atoms in total. The molecule has 1 N–H and O–H groups in total. The van der Waals surface area contributed by atoms with E-state index in [4.69, 9.17) is 11.2 Å². The Hall–Kier alpha value is -3.79. The Morgan fingerprint density at radius 1 is 1.21 bits per heavy atom. The zero-order valence-corrected chi connectivity index (χ0v) is 18.7. The molecule has 2 amide bonds. The third kappa shape index (κ3) is 5.17. The highest BCUT2D eigenvalue weighted by Gasteiger charge is 2.34. The number of methoxy groups -OCH3 is 1. The number of fused-ring (bicyclic) bond motifs is 1. The molecule has 170 valence electrons. The molecule has 0 aliphatic heterocycles. The van der Waals surface area contributed by atoms with Crippen LogP contribution in [0.25, 0.3) is 5.65 Å². The number of rotatable bonds is 7. The molecule has 33 heavy (non-hydrogen) atoms. The van der Waals surface area contributed by atoms with Crippen LogP contribution in [0.3, 0.4) is 0 Å². The van der Waals surface area contributed by atoms with Gasteiger partial charge in [-0.25, -0.2) is 4.98 Å². The maximum absolute atomic E-state index is 13.6. The first-order valence-electron chi connectivity index (χ1n) is 11.2. The van der Waals surface area contributed by atoms with E-state index >= 15 is 0 Å². The molecule has 0 bridgehead atoms. The number of imidazole rings is 1. The quantitative estimate of drug-likeness (QED) is 0.566. The third-order valence-electron chi connectivity index (χ3n) is 6.07. The number of carbonyl (C=O) groups is 2. The monoisotopic (exact) mass is 444 g/mol. The Kier molecular flexibility index (Phi) is 6.94. The molecule has 7 heteroatoms. The van der Waals surface area contributed by atoms with Crippen LogP contribution in [0.1, 0.15) is 49.4 Å². The van der Waals surface area contributed by atoms with Crippen LogP contribution in [0.5, 0.6) is 5.75 Å². The molecule has 3 aromatic rings. The van der Waals surface area contributed by atoms with E-state index in [2.05, 4.69) is 16.2 Å². The number of amides is 2. The highest BCUT2D eigenvalue weighted by molar-refractivity contribution is 5.97. The molecule has 1 aliphatic carbocycles. The van der Waals surface area contributed by atoms with Crippen LogP contribution in [-0.2, 0) is 16.1 Å². The minimum Gasteiger partial charge on any atom is -0.497 e. The van der Waals surface area contributed by atoms with E-state index in [1.54, 1.807) is 13.3 Å². The van der Waals surface area contributed by atoms with Crippen LogP contribution >= 0.6 is 0 Å². The summed E-state index contributed by atoms with van der Waals surface area (Å²) in [7, 11) is 1.60. The molecule has 0 spiro atoms. The highest BCUT2D eigenvalue weighted by Crippen LogP contribution is 2.26. The molecule has 2 heterocycles. The summed E-state index contributed by atoms with van der Waals surface area (Å²) in [6, 6.07) is 12.1. The Balaban J connectivity index is 1.70. The number of nitrogens with one attached hydrogen (secondary N) is 1. The Labute approximate surface area is 193 Å². The van der Waals surface area contributed by atoms with Crippen molar-refractivity contribution in [2.24, 2.45) is 0 Å². The first-order valence-corrected chi connectivity index (χ1v) is 11.2. The zero-order chi connectivity index (χ0) is 23.2. The fourth-order valence-corrected chi connectivity index (χ4v) is 4.34. The lowest BCUT2D eigenvalue weighted by molar-refractivity contribution is -0.138. The fraction of sp³-hybridized carbons (Fsp3) is 0.346. The van der Waals surface area contributed by atoms with Crippen LogP contribution in [0.15, 0.2) is 54.9 Å². The number of ether oxygens (including phenoxy) is 1. The van der Waals surface area contributed by atoms with Gasteiger partial charge in [-0.15, -0.1) is 6.42 Å². The molecule has 1 saturated carbocycles. The number of pyridine rings is 1. The minimum atomic E-state index is -0.947. The van der Waals surface area contributed by atoms with Gasteiger partial charge in [-0.05, 0) is 48.6 Å². The second-order valence-corrected chi connectivity index (χ2v) is 8.30. The van der Waals surface area contributed by atoms with Gasteiger partial charge in [0, 0.05) is 25.0 Å². The second-order valence-electron chi connectivity index (χ2n) is 8.30. The summed E-state index contributed by atoms with van der Waals surface area (Å²) in [6.45, 7) is 0.170. The maximum atomic E-state index is 13.6. The lowest BCUT2D eigenvalue weighted by atomic mass is 9.95. The van der Waals surface area contributed by atoms with Crippen molar-refractivity contribution in [3.05, 3.63) is 66.1 Å². The lowest BCUT2D eigenvalue weighted by Crippen LogP contribution is -2.46. The largest absolute Gasteiger partial charge is 0.497 e. The van der Waals surface area contributed by atoms with Crippen molar-refractivity contribution in [3.63, 3.8) is 0 Å². The molecule has 0 saturated heterocycles. The summed E-state index contributed by atoms with van der Waals surface area (Å²) >= 11 is 0. The van der Waals surface area contributed by atoms with Gasteiger partial charge in [0.2, 0.25) is 5.91 Å². The number of carbonyl (C=O) groups excluding carboxylic acids is 2. The standard InChI is InChI=1S/C26H28N4O3/c1-3-24(31)30(17-19-12-14-21(33-2)15-13-19)25(26(32)27-20-9-5-4-6-10-20)22-18-29-16-8-7-11-23(29)28-22/h1,7-8,11-16,18,20,25H,4-6,9-10,17H2,2H3,(H,27,32). The first-order chi connectivity index (χ1) is 16.1. The summed E-state index contributed by atoms with van der Waals surface area (Å²) in [5.74, 6) is 2.08. The van der Waals surface area contributed by atoms with Crippen molar-refractivity contribution in [2.45, 2.75) is 50.7 Å². The van der Waals surface area contributed by atoms with E-state index in [1.165, 1.54) is 11.3 Å². The summed E-state index contributed by atoms with van der Waals surface area (Å²) in [5.41, 5.74) is 2.01. The number of aromatic nitrogens is 2. The summed E-state index contributed by atoms with van der Waals surface area (Å²) in [4.78, 5) is 32.6. The third-order valence-corrected chi connectivity index (χ3v) is 6.07. The van der Waals surface area contributed by atoms with Crippen molar-refractivity contribution >= 4 is 17.5 Å². The summed E-state index contributed by atoms with van der Waals surface area (Å²) in [6.07, 6.45) is 14.4. The van der Waals surface area contributed by atoms with Gasteiger partial charge in [-0.2, -0.15) is 0 Å². The number of hydrogen-bond donors (Lipinski definition) is 1. The number of benzene rings is 1. The zero-order valence-electron chi connectivity index (χ0n) is 18.7. The van der Waals surface area contributed by atoms with Crippen LogP contribution in [-0.4, -0.2) is 39.3 Å². The molecular formula is C26H28N4O3. The predicted octanol–water partition coefficient (Wildman–Crippen LogP) is 3.49.